The molecule has 0 spiro atoms. The molecule has 0 radical (unpaired) electrons. The van der Waals surface area contributed by atoms with Gasteiger partial charge >= 0.3 is 30.1 Å². The van der Waals surface area contributed by atoms with E-state index in [2.05, 4.69) is 16.0 Å². The van der Waals surface area contributed by atoms with E-state index >= 15 is 0 Å². The van der Waals surface area contributed by atoms with Crippen molar-refractivity contribution in [2.75, 3.05) is 6.54 Å². The van der Waals surface area contributed by atoms with Gasteiger partial charge in [0, 0.05) is 13.0 Å². The van der Waals surface area contributed by atoms with Gasteiger partial charge < -0.3 is 40.0 Å². The molecule has 51 heavy (non-hydrogen) atoms. The van der Waals surface area contributed by atoms with Gasteiger partial charge in [-0.05, 0) is 69.9 Å². The van der Waals surface area contributed by atoms with Crippen molar-refractivity contribution in [3.63, 3.8) is 0 Å². The van der Waals surface area contributed by atoms with Crippen LogP contribution in [0.2, 0.25) is 0 Å². The number of hydrogen-bond acceptors (Lipinski definition) is 10. The van der Waals surface area contributed by atoms with Crippen LogP contribution in [0.5, 0.6) is 0 Å². The lowest BCUT2D eigenvalue weighted by Crippen LogP contribution is -2.53. The third-order valence-corrected chi connectivity index (χ3v) is 7.10. The Labute approximate surface area is 298 Å². The van der Waals surface area contributed by atoms with Gasteiger partial charge in [-0.15, -0.1) is 0 Å². The first-order chi connectivity index (χ1) is 24.1. The summed E-state index contributed by atoms with van der Waals surface area (Å²) < 4.78 is 21.1. The molecular weight excluding hydrogens is 662 g/mol. The largest absolute Gasteiger partial charge is 0.479 e. The molecular formula is C37H51N3O11. The van der Waals surface area contributed by atoms with Gasteiger partial charge in [-0.1, -0.05) is 74.5 Å². The van der Waals surface area contributed by atoms with Crippen molar-refractivity contribution in [2.45, 2.75) is 110 Å². The average molecular weight is 714 g/mol. The second kappa shape index (κ2) is 21.8. The first kappa shape index (κ1) is 42.0. The van der Waals surface area contributed by atoms with E-state index in [1.807, 2.05) is 36.4 Å². The summed E-state index contributed by atoms with van der Waals surface area (Å²) >= 11 is 0. The number of hydrogen-bond donors (Lipinski definition) is 4. The van der Waals surface area contributed by atoms with Gasteiger partial charge in [-0.25, -0.2) is 19.2 Å². The van der Waals surface area contributed by atoms with Crippen molar-refractivity contribution >= 4 is 36.0 Å². The lowest BCUT2D eigenvalue weighted by molar-refractivity contribution is -0.166. The molecule has 2 aromatic rings. The van der Waals surface area contributed by atoms with Gasteiger partial charge in [0.25, 0.3) is 0 Å². The van der Waals surface area contributed by atoms with E-state index in [1.54, 1.807) is 58.9 Å². The van der Waals surface area contributed by atoms with E-state index in [1.165, 1.54) is 0 Å². The summed E-state index contributed by atoms with van der Waals surface area (Å²) in [5, 5.41) is 17.4. The molecule has 0 saturated carbocycles. The fourth-order valence-corrected chi connectivity index (χ4v) is 4.62. The van der Waals surface area contributed by atoms with Crippen molar-refractivity contribution in [1.82, 2.24) is 16.0 Å². The highest BCUT2D eigenvalue weighted by Crippen LogP contribution is 2.14. The number of aliphatic carboxylic acids is 1. The van der Waals surface area contributed by atoms with E-state index in [-0.39, 0.29) is 51.4 Å². The van der Waals surface area contributed by atoms with E-state index in [0.717, 1.165) is 11.1 Å². The molecule has 0 heterocycles. The fourth-order valence-electron chi connectivity index (χ4n) is 4.62. The van der Waals surface area contributed by atoms with E-state index in [9.17, 15) is 33.9 Å². The minimum Gasteiger partial charge on any atom is -0.479 e. The number of alkyl carbamates (subject to hydrolysis) is 2. The predicted octanol–water partition coefficient (Wildman–Crippen LogP) is 5.03. The molecule has 0 aromatic heterocycles. The van der Waals surface area contributed by atoms with Gasteiger partial charge in [-0.2, -0.15) is 0 Å². The number of amides is 3. The number of carbonyl (C=O) groups is 6. The highest BCUT2D eigenvalue weighted by atomic mass is 16.6. The minimum atomic E-state index is -1.51. The summed E-state index contributed by atoms with van der Waals surface area (Å²) in [6.07, 6.45) is -2.70. The predicted molar refractivity (Wildman–Crippen MR) is 186 cm³/mol. The lowest BCUT2D eigenvalue weighted by atomic mass is 10.0. The summed E-state index contributed by atoms with van der Waals surface area (Å²) in [5.74, 6) is -3.86. The normalized spacial score (nSPS) is 12.8. The Kier molecular flexibility index (Phi) is 18.0. The van der Waals surface area contributed by atoms with Crippen molar-refractivity contribution in [3.05, 3.63) is 71.8 Å². The van der Waals surface area contributed by atoms with Gasteiger partial charge in [0.05, 0.1) is 0 Å². The molecule has 2 rings (SSSR count). The van der Waals surface area contributed by atoms with Crippen LogP contribution in [0, 0.1) is 5.92 Å². The maximum Gasteiger partial charge on any atom is 0.408 e. The van der Waals surface area contributed by atoms with Crippen LogP contribution in [-0.4, -0.2) is 71.4 Å². The monoisotopic (exact) mass is 713 g/mol. The van der Waals surface area contributed by atoms with Crippen LogP contribution in [0.1, 0.15) is 84.3 Å². The molecule has 2 aromatic carbocycles. The number of rotatable bonds is 20. The second-order valence-corrected chi connectivity index (χ2v) is 13.3. The van der Waals surface area contributed by atoms with Crippen LogP contribution < -0.4 is 16.0 Å². The molecule has 0 aliphatic rings. The number of benzene rings is 2. The van der Waals surface area contributed by atoms with Crippen molar-refractivity contribution in [3.8, 4) is 0 Å². The summed E-state index contributed by atoms with van der Waals surface area (Å²) in [6.45, 7) is 8.90. The number of unbranched alkanes of at least 4 members (excludes halogenated alkanes) is 1. The molecule has 3 amide bonds. The zero-order valence-corrected chi connectivity index (χ0v) is 30.0. The van der Waals surface area contributed by atoms with Crippen molar-refractivity contribution in [2.24, 2.45) is 5.92 Å². The van der Waals surface area contributed by atoms with Gasteiger partial charge in [0.15, 0.2) is 6.10 Å². The minimum absolute atomic E-state index is 0.0287. The smallest absolute Gasteiger partial charge is 0.408 e. The molecule has 0 saturated heterocycles. The van der Waals surface area contributed by atoms with Crippen LogP contribution in [-0.2, 0) is 51.3 Å². The first-order valence-electron chi connectivity index (χ1n) is 17.0. The van der Waals surface area contributed by atoms with Gasteiger partial charge in [-0.3, -0.25) is 9.59 Å². The lowest BCUT2D eigenvalue weighted by Gasteiger charge is -2.26. The van der Waals surface area contributed by atoms with Gasteiger partial charge in [0.1, 0.15) is 30.9 Å². The third-order valence-electron chi connectivity index (χ3n) is 7.10. The quantitative estimate of drug-likeness (QED) is 0.0817. The van der Waals surface area contributed by atoms with Crippen LogP contribution in [0.15, 0.2) is 60.7 Å². The Hall–Kier alpha value is -5.14. The Morgan fingerprint density at radius 2 is 1.33 bits per heavy atom. The summed E-state index contributed by atoms with van der Waals surface area (Å²) in [6, 6.07) is 15.6. The molecule has 0 aliphatic carbocycles. The second-order valence-electron chi connectivity index (χ2n) is 13.3. The highest BCUT2D eigenvalue weighted by Gasteiger charge is 2.32. The molecule has 0 unspecified atom stereocenters. The van der Waals surface area contributed by atoms with Crippen LogP contribution in [0.4, 0.5) is 9.59 Å². The standard InChI is InChI=1S/C37H51N3O11/c1-25(2)22-29(34(45)50-30(33(43)44)18-12-13-21-38-35(46)49-24-27-16-10-7-11-17-27)39-32(42)28(40-36(47)51-37(3,4)5)19-20-31(41)48-23-26-14-8-6-9-15-26/h6-11,14-17,25,28-30H,12-13,18-24H2,1-5H3,(H,38,46)(H,39,42)(H,40,47)(H,43,44)/t28-,29-,30-/m0/s1. The molecule has 0 fully saturated rings. The van der Waals surface area contributed by atoms with E-state index in [4.69, 9.17) is 18.9 Å². The number of nitrogens with one attached hydrogen (secondary N) is 3. The molecule has 0 aliphatic heterocycles. The number of carboxylic acids is 1. The number of esters is 2. The van der Waals surface area contributed by atoms with Crippen LogP contribution in [0.3, 0.4) is 0 Å². The molecule has 280 valence electrons. The van der Waals surface area contributed by atoms with E-state index < -0.39 is 59.8 Å². The number of carbonyl (C=O) groups excluding carboxylic acids is 5. The zero-order chi connectivity index (χ0) is 37.8. The molecule has 0 bridgehead atoms. The Morgan fingerprint density at radius 3 is 1.88 bits per heavy atom. The zero-order valence-electron chi connectivity index (χ0n) is 30.0. The molecule has 14 heteroatoms. The third kappa shape index (κ3) is 18.4. The summed E-state index contributed by atoms with van der Waals surface area (Å²) in [4.78, 5) is 75.8. The SMILES string of the molecule is CC(C)C[C@H](NC(=O)[C@H](CCC(=O)OCc1ccccc1)NC(=O)OC(C)(C)C)C(=O)O[C@@H](CCCCNC(=O)OCc1ccccc1)C(=O)O. The Balaban J connectivity index is 1.97. The topological polar surface area (TPSA) is 196 Å². The van der Waals surface area contributed by atoms with E-state index in [0.29, 0.717) is 12.8 Å². The summed E-state index contributed by atoms with van der Waals surface area (Å²) in [7, 11) is 0. The van der Waals surface area contributed by atoms with Crippen LogP contribution in [0.25, 0.3) is 0 Å². The maximum absolute atomic E-state index is 13.5. The average Bonchev–Trinajstić information content (AvgIpc) is 3.06. The highest BCUT2D eigenvalue weighted by molar-refractivity contribution is 5.90. The van der Waals surface area contributed by atoms with Crippen molar-refractivity contribution in [1.29, 1.82) is 0 Å². The maximum atomic E-state index is 13.5. The van der Waals surface area contributed by atoms with Gasteiger partial charge in [0.2, 0.25) is 5.91 Å². The molecule has 4 N–H and O–H groups in total. The fraction of sp³-hybridized carbons (Fsp3) is 0.514. The number of ether oxygens (including phenoxy) is 4. The summed E-state index contributed by atoms with van der Waals surface area (Å²) in [5.41, 5.74) is 0.731. The Bertz CT molecular complexity index is 1410. The van der Waals surface area contributed by atoms with Crippen LogP contribution >= 0.6 is 0 Å². The Morgan fingerprint density at radius 1 is 0.745 bits per heavy atom. The number of carboxylic acid groups (broad SMARTS) is 1. The molecule has 3 atom stereocenters. The first-order valence-corrected chi connectivity index (χ1v) is 17.0. The van der Waals surface area contributed by atoms with Crippen molar-refractivity contribution < 1.29 is 52.8 Å². The molecule has 14 nitrogen and oxygen atoms in total.